The molecule has 6 aromatic rings. The molecule has 0 fully saturated rings. The second-order valence-corrected chi connectivity index (χ2v) is 88.5. The Balaban J connectivity index is 0.000000507. The third-order valence-corrected chi connectivity index (χ3v) is 8.50. The van der Waals surface area contributed by atoms with E-state index in [-0.39, 0.29) is 30.2 Å². The van der Waals surface area contributed by atoms with E-state index in [4.69, 9.17) is 88.3 Å². The fourth-order valence-electron chi connectivity index (χ4n) is 6.47. The van der Waals surface area contributed by atoms with Crippen LogP contribution in [0.3, 0.4) is 0 Å². The molecular formula is C41H32Cl12Sb2. The predicted octanol–water partition coefficient (Wildman–Crippen LogP) is 10.2. The first-order chi connectivity index (χ1) is 24.6. The van der Waals surface area contributed by atoms with E-state index in [0.29, 0.717) is 0 Å². The Morgan fingerprint density at radius 3 is 0.782 bits per heavy atom. The molecular weight excluding hydrogens is 1160 g/mol. The second-order valence-electron chi connectivity index (χ2n) is 12.6. The van der Waals surface area contributed by atoms with E-state index in [1.807, 2.05) is 0 Å². The SMILES string of the molecule is CC1(C)c2cc([C+](c3ccccc3)c3ccccc3)ccc2-c2ccc([C+](c3ccccc3)c3ccccc3)cc21.[Cl-].[Cl-].[Cl][Sb]([Cl])([Cl])([Cl])[Cl].[Cl][Sb]([Cl])([Cl])([Cl])[Cl]. The van der Waals surface area contributed by atoms with Crippen molar-refractivity contribution in [1.82, 2.24) is 0 Å². The molecule has 290 valence electrons. The van der Waals surface area contributed by atoms with Gasteiger partial charge in [0.15, 0.2) is 0 Å². The van der Waals surface area contributed by atoms with Gasteiger partial charge in [-0.05, 0) is 156 Å². The normalized spacial score (nSPS) is 13.7. The van der Waals surface area contributed by atoms with Gasteiger partial charge < -0.3 is 24.8 Å². The van der Waals surface area contributed by atoms with Crippen LogP contribution in [0.5, 0.6) is 0 Å². The summed E-state index contributed by atoms with van der Waals surface area (Å²) in [4.78, 5) is 0. The maximum atomic E-state index is 5.05. The molecule has 0 heterocycles. The van der Waals surface area contributed by atoms with E-state index in [9.17, 15) is 0 Å². The van der Waals surface area contributed by atoms with Crippen LogP contribution in [0.1, 0.15) is 58.4 Å². The zero-order valence-electron chi connectivity index (χ0n) is 28.9. The molecule has 1 aliphatic carbocycles. The van der Waals surface area contributed by atoms with Crippen LogP contribution in [-0.2, 0) is 5.41 Å². The third-order valence-electron chi connectivity index (χ3n) is 8.50. The number of rotatable bonds is 6. The first-order valence-corrected chi connectivity index (χ1v) is 48.4. The molecule has 0 aromatic heterocycles. The Labute approximate surface area is 375 Å². The summed E-state index contributed by atoms with van der Waals surface area (Å²) in [5.41, 5.74) is 12.7. The van der Waals surface area contributed by atoms with Gasteiger partial charge in [-0.25, -0.2) is 0 Å². The molecule has 14 heteroatoms. The quantitative estimate of drug-likeness (QED) is 0.0886. The molecule has 6 aromatic carbocycles. The molecule has 0 atom stereocenters. The first kappa shape index (κ1) is 49.5. The summed E-state index contributed by atoms with van der Waals surface area (Å²) < 4.78 is 0. The summed E-state index contributed by atoms with van der Waals surface area (Å²) in [6.45, 7) is 4.75. The Morgan fingerprint density at radius 2 is 0.564 bits per heavy atom. The van der Waals surface area contributed by atoms with Crippen LogP contribution in [0.15, 0.2) is 158 Å². The van der Waals surface area contributed by atoms with Gasteiger partial charge in [-0.3, -0.25) is 0 Å². The Bertz CT molecular complexity index is 1880. The Hall–Kier alpha value is 0.176. The fourth-order valence-corrected chi connectivity index (χ4v) is 6.47. The number of hydrogen-bond donors (Lipinski definition) is 0. The molecule has 1 aliphatic rings. The van der Waals surface area contributed by atoms with Crippen molar-refractivity contribution >= 4 is 112 Å². The van der Waals surface area contributed by atoms with Gasteiger partial charge in [-0.2, -0.15) is 0 Å². The second kappa shape index (κ2) is 19.7. The molecule has 0 saturated heterocycles. The van der Waals surface area contributed by atoms with Crippen molar-refractivity contribution in [3.05, 3.63) is 214 Å². The van der Waals surface area contributed by atoms with Gasteiger partial charge >= 0.3 is 112 Å². The minimum atomic E-state index is -4.33. The van der Waals surface area contributed by atoms with Gasteiger partial charge in [-0.1, -0.05) is 38.1 Å². The molecule has 0 bridgehead atoms. The molecule has 0 radical (unpaired) electrons. The summed E-state index contributed by atoms with van der Waals surface area (Å²) in [5, 5.41) is 0. The summed E-state index contributed by atoms with van der Waals surface area (Å²) in [6, 6.07) is 57.2. The number of benzene rings is 6. The summed E-state index contributed by atoms with van der Waals surface area (Å²) in [7, 11) is 50.5. The van der Waals surface area contributed by atoms with Crippen molar-refractivity contribution in [2.75, 3.05) is 0 Å². The van der Waals surface area contributed by atoms with Crippen LogP contribution in [0.2, 0.25) is 0 Å². The molecule has 0 amide bonds. The number of hydrogen-bond acceptors (Lipinski definition) is 0. The van der Waals surface area contributed by atoms with Crippen LogP contribution >= 0.6 is 88.3 Å². The number of halogens is 12. The third kappa shape index (κ3) is 15.3. The van der Waals surface area contributed by atoms with Crippen LogP contribution in [0.25, 0.3) is 11.1 Å². The Morgan fingerprint density at radius 1 is 0.345 bits per heavy atom. The summed E-state index contributed by atoms with van der Waals surface area (Å²) in [5.74, 6) is 2.54. The molecule has 0 N–H and O–H groups in total. The van der Waals surface area contributed by atoms with E-state index < -0.39 is 23.4 Å². The average molecular weight is 1190 g/mol. The van der Waals surface area contributed by atoms with Gasteiger partial charge in [0, 0.05) is 5.41 Å². The van der Waals surface area contributed by atoms with Crippen LogP contribution in [-0.4, -0.2) is 23.4 Å². The van der Waals surface area contributed by atoms with Gasteiger partial charge in [0.1, 0.15) is 0 Å². The van der Waals surface area contributed by atoms with Gasteiger partial charge in [0.05, 0.1) is 45.2 Å². The topological polar surface area (TPSA) is 0 Å². The molecule has 0 nitrogen and oxygen atoms in total. The van der Waals surface area contributed by atoms with Crippen molar-refractivity contribution in [2.24, 2.45) is 0 Å². The van der Waals surface area contributed by atoms with Crippen LogP contribution < -0.4 is 24.8 Å². The monoisotopic (exact) mass is 1190 g/mol. The van der Waals surface area contributed by atoms with Crippen molar-refractivity contribution in [3.8, 4) is 11.1 Å². The van der Waals surface area contributed by atoms with Gasteiger partial charge in [0.2, 0.25) is 0 Å². The number of fused-ring (bicyclic) bond motifs is 3. The summed E-state index contributed by atoms with van der Waals surface area (Å²) >= 11 is -8.66. The first-order valence-electron chi connectivity index (χ1n) is 16.1. The van der Waals surface area contributed by atoms with E-state index in [0.717, 1.165) is 0 Å². The Kier molecular flexibility index (Phi) is 17.7. The molecule has 0 aliphatic heterocycles. The standard InChI is InChI=1S/C41H32.12ClH.2Sb/c1-41(2)37-27-33(39(29-15-7-3-8-16-29)30-17-9-4-10-18-30)23-25-35(37)36-26-24-34(28-38(36)41)40(31-19-11-5-12-20-31)32-21-13-6-14-22-32;;;;;;;;;;;;;;/h3-28H,1-2H3;12*1H;;/q+2;;;;;;;;;;;;;2*+5/p-12. The summed E-state index contributed by atoms with van der Waals surface area (Å²) in [6.07, 6.45) is 0. The van der Waals surface area contributed by atoms with Crippen molar-refractivity contribution in [1.29, 1.82) is 0 Å². The van der Waals surface area contributed by atoms with Crippen molar-refractivity contribution in [3.63, 3.8) is 0 Å². The zero-order chi connectivity index (χ0) is 38.7. The van der Waals surface area contributed by atoms with Gasteiger partial charge in [-0.15, -0.1) is 0 Å². The van der Waals surface area contributed by atoms with Crippen LogP contribution in [0.4, 0.5) is 0 Å². The van der Waals surface area contributed by atoms with Crippen LogP contribution in [0, 0.1) is 11.8 Å². The molecule has 7 rings (SSSR count). The van der Waals surface area contributed by atoms with E-state index in [1.54, 1.807) is 0 Å². The van der Waals surface area contributed by atoms with E-state index >= 15 is 0 Å². The molecule has 0 saturated carbocycles. The van der Waals surface area contributed by atoms with E-state index in [2.05, 4.69) is 172 Å². The molecule has 0 unspecified atom stereocenters. The molecule has 55 heavy (non-hydrogen) atoms. The zero-order valence-corrected chi connectivity index (χ0v) is 43.1. The average Bonchev–Trinajstić information content (AvgIpc) is 3.30. The maximum absolute atomic E-state index is 5.05. The van der Waals surface area contributed by atoms with Gasteiger partial charge in [0.25, 0.3) is 0 Å². The predicted molar refractivity (Wildman–Crippen MR) is 241 cm³/mol. The molecule has 0 spiro atoms. The van der Waals surface area contributed by atoms with Crippen molar-refractivity contribution < 1.29 is 24.8 Å². The van der Waals surface area contributed by atoms with Crippen molar-refractivity contribution in [2.45, 2.75) is 19.3 Å². The van der Waals surface area contributed by atoms with E-state index in [1.165, 1.54) is 67.5 Å². The fraction of sp³-hybridized carbons (Fsp3) is 0.0732. The minimum absolute atomic E-state index is 0.